The first kappa shape index (κ1) is 18.6. The summed E-state index contributed by atoms with van der Waals surface area (Å²) in [7, 11) is 0. The van der Waals surface area contributed by atoms with Crippen molar-refractivity contribution in [3.63, 3.8) is 0 Å². The smallest absolute Gasteiger partial charge is 0.339 e. The molecule has 1 heterocycles. The Morgan fingerprint density at radius 1 is 1.22 bits per heavy atom. The number of rotatable bonds is 7. The molecule has 0 saturated carbocycles. The molecule has 2 aromatic carbocycles. The molecule has 2 N–H and O–H groups in total. The first-order chi connectivity index (χ1) is 13.0. The highest BCUT2D eigenvalue weighted by atomic mass is 19.1. The van der Waals surface area contributed by atoms with E-state index in [1.165, 1.54) is 0 Å². The van der Waals surface area contributed by atoms with Crippen molar-refractivity contribution in [1.29, 1.82) is 0 Å². The van der Waals surface area contributed by atoms with Gasteiger partial charge in [-0.15, -0.1) is 0 Å². The van der Waals surface area contributed by atoms with E-state index < -0.39 is 17.6 Å². The van der Waals surface area contributed by atoms with Gasteiger partial charge in [0.2, 0.25) is 0 Å². The molecule has 0 spiro atoms. The average molecular weight is 372 g/mol. The summed E-state index contributed by atoms with van der Waals surface area (Å²) in [6, 6.07) is 8.65. The number of carboxylic acid groups (broad SMARTS) is 1. The molecule has 27 heavy (non-hydrogen) atoms. The van der Waals surface area contributed by atoms with Crippen molar-refractivity contribution in [2.75, 3.05) is 11.9 Å². The van der Waals surface area contributed by atoms with E-state index in [1.807, 2.05) is 0 Å². The summed E-state index contributed by atoms with van der Waals surface area (Å²) < 4.78 is 33.3. The van der Waals surface area contributed by atoms with E-state index in [1.54, 1.807) is 24.3 Å². The standard InChI is InChI=1S/C20H18F2N2O3/c1-2-3-8-27-14-6-4-13(5-7-14)24-18-15-9-12(21)10-17(22)19(15)23-11-16(18)20(25)26/h4-7,9-11H,2-3,8H2,1H3,(H,23,24)(H,25,26). The summed E-state index contributed by atoms with van der Waals surface area (Å²) in [6.45, 7) is 2.68. The number of hydrogen-bond acceptors (Lipinski definition) is 4. The van der Waals surface area contributed by atoms with Gasteiger partial charge in [-0.2, -0.15) is 0 Å². The SMILES string of the molecule is CCCCOc1ccc(Nc2c(C(=O)O)cnc3c(F)cc(F)cc23)cc1. The molecule has 3 rings (SSSR count). The predicted molar refractivity (Wildman–Crippen MR) is 98.7 cm³/mol. The first-order valence-corrected chi connectivity index (χ1v) is 8.50. The summed E-state index contributed by atoms with van der Waals surface area (Å²) in [5, 5.41) is 12.4. The van der Waals surface area contributed by atoms with Gasteiger partial charge in [-0.25, -0.2) is 13.6 Å². The molecule has 140 valence electrons. The molecule has 5 nitrogen and oxygen atoms in total. The van der Waals surface area contributed by atoms with Crippen molar-refractivity contribution in [3.05, 3.63) is 59.8 Å². The number of benzene rings is 2. The molecule has 0 aliphatic heterocycles. The highest BCUT2D eigenvalue weighted by molar-refractivity contribution is 6.05. The highest BCUT2D eigenvalue weighted by Crippen LogP contribution is 2.31. The van der Waals surface area contributed by atoms with Crippen molar-refractivity contribution >= 4 is 28.2 Å². The van der Waals surface area contributed by atoms with Crippen LogP contribution in [-0.2, 0) is 0 Å². The van der Waals surface area contributed by atoms with Crippen LogP contribution in [0.4, 0.5) is 20.2 Å². The number of nitrogens with one attached hydrogen (secondary N) is 1. The van der Waals surface area contributed by atoms with Crippen LogP contribution >= 0.6 is 0 Å². The molecule has 1 aromatic heterocycles. The molecule has 0 atom stereocenters. The Hall–Kier alpha value is -3.22. The quantitative estimate of drug-likeness (QED) is 0.562. The van der Waals surface area contributed by atoms with E-state index in [0.717, 1.165) is 25.1 Å². The van der Waals surface area contributed by atoms with E-state index in [0.29, 0.717) is 24.1 Å². The zero-order valence-electron chi connectivity index (χ0n) is 14.6. The van der Waals surface area contributed by atoms with Crippen LogP contribution in [0, 0.1) is 11.6 Å². The van der Waals surface area contributed by atoms with E-state index >= 15 is 0 Å². The Kier molecular flexibility index (Phi) is 5.49. The number of pyridine rings is 1. The number of unbranched alkanes of at least 4 members (excludes halogenated alkanes) is 1. The molecular formula is C20H18F2N2O3. The lowest BCUT2D eigenvalue weighted by atomic mass is 10.1. The molecule has 0 bridgehead atoms. The Morgan fingerprint density at radius 3 is 2.63 bits per heavy atom. The number of aromatic nitrogens is 1. The zero-order chi connectivity index (χ0) is 19.4. The summed E-state index contributed by atoms with van der Waals surface area (Å²) in [5.74, 6) is -2.24. The maximum atomic E-state index is 14.0. The second-order valence-corrected chi connectivity index (χ2v) is 5.99. The van der Waals surface area contributed by atoms with Gasteiger partial charge < -0.3 is 15.2 Å². The van der Waals surface area contributed by atoms with Crippen molar-refractivity contribution in [2.45, 2.75) is 19.8 Å². The monoisotopic (exact) mass is 372 g/mol. The van der Waals surface area contributed by atoms with E-state index in [2.05, 4.69) is 17.2 Å². The average Bonchev–Trinajstić information content (AvgIpc) is 2.63. The van der Waals surface area contributed by atoms with Crippen molar-refractivity contribution in [2.24, 2.45) is 0 Å². The van der Waals surface area contributed by atoms with Gasteiger partial charge in [0, 0.05) is 23.3 Å². The molecule has 0 radical (unpaired) electrons. The Bertz CT molecular complexity index is 975. The molecule has 0 unspecified atom stereocenters. The molecule has 7 heteroatoms. The molecular weight excluding hydrogens is 354 g/mol. The third-order valence-electron chi connectivity index (χ3n) is 4.01. The number of nitrogens with zero attached hydrogens (tertiary/aromatic N) is 1. The van der Waals surface area contributed by atoms with Crippen LogP contribution < -0.4 is 10.1 Å². The van der Waals surface area contributed by atoms with Gasteiger partial charge in [-0.05, 0) is 36.8 Å². The van der Waals surface area contributed by atoms with Crippen LogP contribution in [0.5, 0.6) is 5.75 Å². The predicted octanol–water partition coefficient (Wildman–Crippen LogP) is 5.13. The molecule has 0 amide bonds. The number of carboxylic acids is 1. The number of carbonyl (C=O) groups is 1. The summed E-state index contributed by atoms with van der Waals surface area (Å²) >= 11 is 0. The zero-order valence-corrected chi connectivity index (χ0v) is 14.6. The van der Waals surface area contributed by atoms with Gasteiger partial charge in [-0.1, -0.05) is 13.3 Å². The van der Waals surface area contributed by atoms with E-state index in [9.17, 15) is 18.7 Å². The van der Waals surface area contributed by atoms with Crippen LogP contribution in [0.15, 0.2) is 42.6 Å². The number of ether oxygens (including phenoxy) is 1. The number of hydrogen-bond donors (Lipinski definition) is 2. The third-order valence-corrected chi connectivity index (χ3v) is 4.01. The molecule has 0 aliphatic carbocycles. The molecule has 0 aliphatic rings. The van der Waals surface area contributed by atoms with Crippen molar-refractivity contribution in [1.82, 2.24) is 4.98 Å². The number of halogens is 2. The number of anilines is 2. The van der Waals surface area contributed by atoms with Gasteiger partial charge in [-0.3, -0.25) is 4.98 Å². The van der Waals surface area contributed by atoms with Crippen LogP contribution in [0.25, 0.3) is 10.9 Å². The van der Waals surface area contributed by atoms with Crippen LogP contribution in [0.3, 0.4) is 0 Å². The van der Waals surface area contributed by atoms with Gasteiger partial charge in [0.1, 0.15) is 22.6 Å². The first-order valence-electron chi connectivity index (χ1n) is 8.50. The molecule has 0 fully saturated rings. The topological polar surface area (TPSA) is 71.5 Å². The van der Waals surface area contributed by atoms with Crippen molar-refractivity contribution < 1.29 is 23.4 Å². The number of fused-ring (bicyclic) bond motifs is 1. The Labute approximate surface area is 154 Å². The Morgan fingerprint density at radius 2 is 1.96 bits per heavy atom. The lowest BCUT2D eigenvalue weighted by molar-refractivity contribution is 0.0697. The summed E-state index contributed by atoms with van der Waals surface area (Å²) in [5.41, 5.74) is 0.335. The van der Waals surface area contributed by atoms with E-state index in [4.69, 9.17) is 4.74 Å². The minimum atomic E-state index is -1.25. The second-order valence-electron chi connectivity index (χ2n) is 5.99. The fourth-order valence-corrected chi connectivity index (χ4v) is 2.64. The van der Waals surface area contributed by atoms with Gasteiger partial charge in [0.25, 0.3) is 0 Å². The fourth-order valence-electron chi connectivity index (χ4n) is 2.64. The normalized spacial score (nSPS) is 10.8. The minimum Gasteiger partial charge on any atom is -0.494 e. The third kappa shape index (κ3) is 4.13. The molecule has 0 saturated heterocycles. The minimum absolute atomic E-state index is 0.0515. The van der Waals surface area contributed by atoms with Crippen LogP contribution in [-0.4, -0.2) is 22.7 Å². The van der Waals surface area contributed by atoms with Crippen LogP contribution in [0.2, 0.25) is 0 Å². The van der Waals surface area contributed by atoms with Crippen LogP contribution in [0.1, 0.15) is 30.1 Å². The largest absolute Gasteiger partial charge is 0.494 e. The summed E-state index contributed by atoms with van der Waals surface area (Å²) in [6.07, 6.45) is 3.03. The fraction of sp³-hybridized carbons (Fsp3) is 0.200. The van der Waals surface area contributed by atoms with Gasteiger partial charge >= 0.3 is 5.97 Å². The summed E-state index contributed by atoms with van der Waals surface area (Å²) in [4.78, 5) is 15.4. The van der Waals surface area contributed by atoms with E-state index in [-0.39, 0.29) is 22.2 Å². The second kappa shape index (κ2) is 7.99. The maximum Gasteiger partial charge on any atom is 0.339 e. The number of aromatic carboxylic acids is 1. The lowest BCUT2D eigenvalue weighted by Gasteiger charge is -2.14. The van der Waals surface area contributed by atoms with Crippen molar-refractivity contribution in [3.8, 4) is 5.75 Å². The highest BCUT2D eigenvalue weighted by Gasteiger charge is 2.18. The Balaban J connectivity index is 1.97. The molecule has 3 aromatic rings. The maximum absolute atomic E-state index is 14.0. The van der Waals surface area contributed by atoms with Gasteiger partial charge in [0.15, 0.2) is 5.82 Å². The van der Waals surface area contributed by atoms with Gasteiger partial charge in [0.05, 0.1) is 12.3 Å². The lowest BCUT2D eigenvalue weighted by Crippen LogP contribution is -2.05.